The van der Waals surface area contributed by atoms with Crippen molar-refractivity contribution in [2.24, 2.45) is 0 Å². The molecule has 3 atom stereocenters. The molecular weight excluding hydrogens is 474 g/mol. The van der Waals surface area contributed by atoms with Crippen molar-refractivity contribution in [2.75, 3.05) is 13.2 Å². The molecule has 1 aliphatic rings. The molecule has 2 aromatic carbocycles. The summed E-state index contributed by atoms with van der Waals surface area (Å²) < 4.78 is 23.3. The van der Waals surface area contributed by atoms with Crippen molar-refractivity contribution in [3.8, 4) is 5.75 Å². The summed E-state index contributed by atoms with van der Waals surface area (Å²) in [5.41, 5.74) is 0.0976. The lowest BCUT2D eigenvalue weighted by atomic mass is 9.93. The van der Waals surface area contributed by atoms with E-state index in [-0.39, 0.29) is 24.6 Å². The van der Waals surface area contributed by atoms with Crippen LogP contribution in [0.5, 0.6) is 5.75 Å². The van der Waals surface area contributed by atoms with Crippen LogP contribution in [0.1, 0.15) is 63.4 Å². The SMILES string of the molecule is CC(=O)O[C@H](COc1ccc(CCNC(=O)c2ccccc2)cc1)[C@@]1(C)CC[C@@H](C(C)(C)OC(C)=O)O1. The molecule has 3 rings (SSSR count). The fourth-order valence-electron chi connectivity index (χ4n) is 4.49. The van der Waals surface area contributed by atoms with Gasteiger partial charge in [0.1, 0.15) is 23.6 Å². The van der Waals surface area contributed by atoms with Gasteiger partial charge in [0.15, 0.2) is 6.10 Å². The second-order valence-electron chi connectivity index (χ2n) is 10.1. The third kappa shape index (κ3) is 8.05. The van der Waals surface area contributed by atoms with Gasteiger partial charge in [-0.05, 0) is 69.9 Å². The molecule has 0 unspecified atom stereocenters. The third-order valence-electron chi connectivity index (χ3n) is 6.55. The Morgan fingerprint density at radius 3 is 2.35 bits per heavy atom. The molecular formula is C29H37NO7. The van der Waals surface area contributed by atoms with E-state index in [4.69, 9.17) is 18.9 Å². The first kappa shape index (κ1) is 28.2. The average molecular weight is 512 g/mol. The van der Waals surface area contributed by atoms with Gasteiger partial charge in [-0.1, -0.05) is 30.3 Å². The zero-order chi connectivity index (χ0) is 27.1. The van der Waals surface area contributed by atoms with Crippen LogP contribution in [0.3, 0.4) is 0 Å². The molecule has 0 saturated carbocycles. The Bertz CT molecular complexity index is 1070. The standard InChI is InChI=1S/C29H37NO7/c1-20(31)35-26(29(5)17-15-25(37-29)28(3,4)36-21(2)32)19-34-24-13-11-22(12-14-24)16-18-30-27(33)23-9-7-6-8-10-23/h6-14,25-26H,15-19H2,1-5H3,(H,30,33)/t25-,26+,29+/m0/s1. The summed E-state index contributed by atoms with van der Waals surface area (Å²) in [6, 6.07) is 16.7. The molecule has 1 N–H and O–H groups in total. The second kappa shape index (κ2) is 12.2. The molecule has 1 saturated heterocycles. The van der Waals surface area contributed by atoms with Crippen molar-refractivity contribution < 1.29 is 33.3 Å². The van der Waals surface area contributed by atoms with Gasteiger partial charge < -0.3 is 24.3 Å². The van der Waals surface area contributed by atoms with Crippen LogP contribution in [0.25, 0.3) is 0 Å². The van der Waals surface area contributed by atoms with Crippen molar-refractivity contribution in [1.82, 2.24) is 5.32 Å². The number of rotatable bonds is 11. The summed E-state index contributed by atoms with van der Waals surface area (Å²) >= 11 is 0. The molecule has 1 fully saturated rings. The van der Waals surface area contributed by atoms with Crippen LogP contribution < -0.4 is 10.1 Å². The van der Waals surface area contributed by atoms with Gasteiger partial charge in [0.2, 0.25) is 0 Å². The molecule has 37 heavy (non-hydrogen) atoms. The highest BCUT2D eigenvalue weighted by Gasteiger charge is 2.50. The van der Waals surface area contributed by atoms with E-state index in [1.165, 1.54) is 13.8 Å². The number of ether oxygens (including phenoxy) is 4. The monoisotopic (exact) mass is 511 g/mol. The van der Waals surface area contributed by atoms with E-state index in [1.807, 2.05) is 63.2 Å². The van der Waals surface area contributed by atoms with E-state index in [9.17, 15) is 14.4 Å². The minimum Gasteiger partial charge on any atom is -0.490 e. The molecule has 1 aliphatic heterocycles. The molecule has 0 spiro atoms. The van der Waals surface area contributed by atoms with Gasteiger partial charge >= 0.3 is 11.9 Å². The van der Waals surface area contributed by atoms with E-state index >= 15 is 0 Å². The van der Waals surface area contributed by atoms with Crippen LogP contribution in [0, 0.1) is 0 Å². The molecule has 2 aromatic rings. The number of hydrogen-bond acceptors (Lipinski definition) is 7. The van der Waals surface area contributed by atoms with Crippen LogP contribution in [-0.2, 0) is 30.2 Å². The summed E-state index contributed by atoms with van der Waals surface area (Å²) in [4.78, 5) is 35.5. The van der Waals surface area contributed by atoms with E-state index in [1.54, 1.807) is 12.1 Å². The van der Waals surface area contributed by atoms with Gasteiger partial charge in [-0.25, -0.2) is 0 Å². The normalized spacial score (nSPS) is 20.1. The van der Waals surface area contributed by atoms with Crippen molar-refractivity contribution in [2.45, 2.75) is 77.3 Å². The lowest BCUT2D eigenvalue weighted by Gasteiger charge is -2.36. The molecule has 1 heterocycles. The van der Waals surface area contributed by atoms with Crippen molar-refractivity contribution in [1.29, 1.82) is 0 Å². The maximum atomic E-state index is 12.2. The summed E-state index contributed by atoms with van der Waals surface area (Å²) in [5.74, 6) is -0.260. The Hall–Kier alpha value is -3.39. The highest BCUT2D eigenvalue weighted by molar-refractivity contribution is 5.94. The van der Waals surface area contributed by atoms with Gasteiger partial charge in [-0.15, -0.1) is 0 Å². The van der Waals surface area contributed by atoms with Crippen LogP contribution >= 0.6 is 0 Å². The van der Waals surface area contributed by atoms with Gasteiger partial charge in [0, 0.05) is 26.0 Å². The summed E-state index contributed by atoms with van der Waals surface area (Å²) in [7, 11) is 0. The average Bonchev–Trinajstić information content (AvgIpc) is 3.26. The number of hydrogen-bond donors (Lipinski definition) is 1. The van der Waals surface area contributed by atoms with Gasteiger partial charge in [0.25, 0.3) is 5.91 Å². The van der Waals surface area contributed by atoms with Gasteiger partial charge in [-0.2, -0.15) is 0 Å². The largest absolute Gasteiger partial charge is 0.490 e. The lowest BCUT2D eigenvalue weighted by molar-refractivity contribution is -0.194. The van der Waals surface area contributed by atoms with E-state index < -0.39 is 23.3 Å². The zero-order valence-corrected chi connectivity index (χ0v) is 22.2. The van der Waals surface area contributed by atoms with Gasteiger partial charge in [-0.3, -0.25) is 14.4 Å². The zero-order valence-electron chi connectivity index (χ0n) is 22.2. The molecule has 8 nitrogen and oxygen atoms in total. The first-order chi connectivity index (χ1) is 17.5. The Balaban J connectivity index is 1.54. The Morgan fingerprint density at radius 1 is 1.05 bits per heavy atom. The summed E-state index contributed by atoms with van der Waals surface area (Å²) in [6.07, 6.45) is 0.985. The number of benzene rings is 2. The number of amides is 1. The van der Waals surface area contributed by atoms with Crippen molar-refractivity contribution in [3.05, 3.63) is 65.7 Å². The smallest absolute Gasteiger partial charge is 0.303 e. The number of esters is 2. The predicted molar refractivity (Wildman–Crippen MR) is 138 cm³/mol. The highest BCUT2D eigenvalue weighted by Crippen LogP contribution is 2.40. The number of carbonyl (C=O) groups excluding carboxylic acids is 3. The summed E-state index contributed by atoms with van der Waals surface area (Å²) in [5, 5.41) is 2.92. The molecule has 1 amide bonds. The Labute approximate surface area is 218 Å². The molecule has 8 heteroatoms. The minimum absolute atomic E-state index is 0.0989. The molecule has 0 aromatic heterocycles. The minimum atomic E-state index is -0.804. The predicted octanol–water partition coefficient (Wildman–Crippen LogP) is 4.25. The van der Waals surface area contributed by atoms with Gasteiger partial charge in [0.05, 0.1) is 6.10 Å². The van der Waals surface area contributed by atoms with E-state index in [0.717, 1.165) is 5.56 Å². The van der Waals surface area contributed by atoms with Crippen molar-refractivity contribution in [3.63, 3.8) is 0 Å². The Morgan fingerprint density at radius 2 is 1.73 bits per heavy atom. The summed E-state index contributed by atoms with van der Waals surface area (Å²) in [6.45, 7) is 8.88. The Kier molecular flexibility index (Phi) is 9.32. The van der Waals surface area contributed by atoms with Crippen LogP contribution in [0.4, 0.5) is 0 Å². The van der Waals surface area contributed by atoms with Crippen molar-refractivity contribution >= 4 is 17.8 Å². The topological polar surface area (TPSA) is 100 Å². The van der Waals surface area contributed by atoms with E-state index in [2.05, 4.69) is 5.32 Å². The van der Waals surface area contributed by atoms with Crippen LogP contribution in [0.2, 0.25) is 0 Å². The van der Waals surface area contributed by atoms with Crippen LogP contribution in [0.15, 0.2) is 54.6 Å². The molecule has 0 radical (unpaired) electrons. The third-order valence-corrected chi connectivity index (χ3v) is 6.55. The maximum Gasteiger partial charge on any atom is 0.303 e. The lowest BCUT2D eigenvalue weighted by Crippen LogP contribution is -2.48. The quantitative estimate of drug-likeness (QED) is 0.450. The molecule has 0 aliphatic carbocycles. The molecule has 0 bridgehead atoms. The highest BCUT2D eigenvalue weighted by atomic mass is 16.6. The first-order valence-electron chi connectivity index (χ1n) is 12.6. The first-order valence-corrected chi connectivity index (χ1v) is 12.6. The fourth-order valence-corrected chi connectivity index (χ4v) is 4.49. The number of nitrogens with one attached hydrogen (secondary N) is 1. The number of carbonyl (C=O) groups is 3. The van der Waals surface area contributed by atoms with E-state index in [0.29, 0.717) is 37.1 Å². The fraction of sp³-hybridized carbons (Fsp3) is 0.483. The second-order valence-corrected chi connectivity index (χ2v) is 10.1. The van der Waals surface area contributed by atoms with Crippen LogP contribution in [-0.4, -0.2) is 54.4 Å². The maximum absolute atomic E-state index is 12.2. The molecule has 200 valence electrons.